The minimum absolute atomic E-state index is 0.679. The first-order chi connectivity index (χ1) is 7.45. The average molecular weight is 200 g/mol. The molecule has 0 bridgehead atoms. The minimum Gasteiger partial charge on any atom is -0.460 e. The molecule has 0 atom stereocenters. The maximum absolute atomic E-state index is 5.36. The van der Waals surface area contributed by atoms with Crippen LogP contribution in [0.25, 0.3) is 33.0 Å². The van der Waals surface area contributed by atoms with Gasteiger partial charge >= 0.3 is 0 Å². The quantitative estimate of drug-likeness (QED) is 0.436. The van der Waals surface area contributed by atoms with Gasteiger partial charge in [-0.3, -0.25) is 0 Å². The number of benzene rings is 1. The fourth-order valence-electron chi connectivity index (χ4n) is 1.89. The zero-order valence-electron chi connectivity index (χ0n) is 7.43. The van der Waals surface area contributed by atoms with Gasteiger partial charge in [0.15, 0.2) is 11.2 Å². The highest BCUT2D eigenvalue weighted by Crippen LogP contribution is 2.34. The van der Waals surface area contributed by atoms with E-state index >= 15 is 0 Å². The van der Waals surface area contributed by atoms with Crippen LogP contribution in [0.3, 0.4) is 0 Å². The predicted molar refractivity (Wildman–Crippen MR) is 51.3 cm³/mol. The van der Waals surface area contributed by atoms with Crippen LogP contribution in [0.2, 0.25) is 0 Å². The molecule has 0 spiro atoms. The van der Waals surface area contributed by atoms with Gasteiger partial charge in [-0.15, -0.1) is 0 Å². The summed E-state index contributed by atoms with van der Waals surface area (Å²) >= 11 is 0. The average Bonchev–Trinajstić information content (AvgIpc) is 2.97. The van der Waals surface area contributed by atoms with E-state index < -0.39 is 0 Å². The third-order valence-corrected chi connectivity index (χ3v) is 2.54. The summed E-state index contributed by atoms with van der Waals surface area (Å²) in [5.41, 5.74) is 2.76. The summed E-state index contributed by atoms with van der Waals surface area (Å²) in [4.78, 5) is 0. The largest absolute Gasteiger partial charge is 0.460 e. The third kappa shape index (κ3) is 0.698. The van der Waals surface area contributed by atoms with Crippen LogP contribution in [-0.2, 0) is 0 Å². The molecule has 5 heteroatoms. The summed E-state index contributed by atoms with van der Waals surface area (Å²) in [6.45, 7) is 0. The van der Waals surface area contributed by atoms with Crippen molar-refractivity contribution in [2.24, 2.45) is 0 Å². The molecule has 4 aromatic rings. The zero-order chi connectivity index (χ0) is 9.83. The standard InChI is InChI=1S/C10H4N2O3/c1-3-13-9-5(1)7-8(12-15-11-7)6-2-4-14-10(6)9/h1-4H. The monoisotopic (exact) mass is 200 g/mol. The van der Waals surface area contributed by atoms with Crippen molar-refractivity contribution in [3.63, 3.8) is 0 Å². The van der Waals surface area contributed by atoms with Crippen LogP contribution in [0.5, 0.6) is 0 Å². The molecule has 1 aromatic carbocycles. The lowest BCUT2D eigenvalue weighted by Gasteiger charge is -1.90. The van der Waals surface area contributed by atoms with Gasteiger partial charge in [0.1, 0.15) is 11.0 Å². The maximum atomic E-state index is 5.36. The summed E-state index contributed by atoms with van der Waals surface area (Å²) in [6.07, 6.45) is 3.20. The molecule has 0 saturated heterocycles. The summed E-state index contributed by atoms with van der Waals surface area (Å²) in [7, 11) is 0. The Morgan fingerprint density at radius 3 is 1.87 bits per heavy atom. The van der Waals surface area contributed by atoms with Crippen molar-refractivity contribution >= 4 is 33.0 Å². The number of fused-ring (bicyclic) bond motifs is 6. The fourth-order valence-corrected chi connectivity index (χ4v) is 1.89. The summed E-state index contributed by atoms with van der Waals surface area (Å²) in [6, 6.07) is 3.65. The molecular weight excluding hydrogens is 196 g/mol. The van der Waals surface area contributed by atoms with E-state index in [1.807, 2.05) is 12.1 Å². The molecule has 0 saturated carbocycles. The molecule has 0 N–H and O–H groups in total. The molecule has 0 aliphatic heterocycles. The second-order valence-electron chi connectivity index (χ2n) is 3.29. The second kappa shape index (κ2) is 2.20. The number of furan rings is 2. The molecule has 0 aliphatic carbocycles. The Labute approximate surface area is 82.2 Å². The lowest BCUT2D eigenvalue weighted by molar-refractivity contribution is 0.316. The normalized spacial score (nSPS) is 12.0. The van der Waals surface area contributed by atoms with Crippen LogP contribution in [-0.4, -0.2) is 10.3 Å². The van der Waals surface area contributed by atoms with Crippen molar-refractivity contribution in [2.75, 3.05) is 0 Å². The Balaban J connectivity index is 2.56. The van der Waals surface area contributed by atoms with Crippen molar-refractivity contribution in [1.29, 1.82) is 0 Å². The maximum Gasteiger partial charge on any atom is 0.179 e. The Hall–Kier alpha value is -2.30. The Bertz CT molecular complexity index is 583. The van der Waals surface area contributed by atoms with Gasteiger partial charge in [-0.2, -0.15) is 0 Å². The van der Waals surface area contributed by atoms with Crippen molar-refractivity contribution in [1.82, 2.24) is 10.3 Å². The van der Waals surface area contributed by atoms with Crippen molar-refractivity contribution in [3.05, 3.63) is 24.7 Å². The van der Waals surface area contributed by atoms with Crippen LogP contribution < -0.4 is 0 Å². The minimum atomic E-state index is 0.679. The Morgan fingerprint density at radius 2 is 1.33 bits per heavy atom. The van der Waals surface area contributed by atoms with Gasteiger partial charge in [-0.25, -0.2) is 4.63 Å². The van der Waals surface area contributed by atoms with Crippen LogP contribution in [0, 0.1) is 0 Å². The van der Waals surface area contributed by atoms with Crippen molar-refractivity contribution < 1.29 is 13.5 Å². The van der Waals surface area contributed by atoms with Crippen LogP contribution in [0.15, 0.2) is 38.1 Å². The van der Waals surface area contributed by atoms with Gasteiger partial charge in [0.25, 0.3) is 0 Å². The van der Waals surface area contributed by atoms with E-state index in [9.17, 15) is 0 Å². The van der Waals surface area contributed by atoms with E-state index in [-0.39, 0.29) is 0 Å². The van der Waals surface area contributed by atoms with Gasteiger partial charge in [0.2, 0.25) is 0 Å². The van der Waals surface area contributed by atoms with E-state index in [4.69, 9.17) is 13.5 Å². The van der Waals surface area contributed by atoms with Gasteiger partial charge in [-0.1, -0.05) is 0 Å². The third-order valence-electron chi connectivity index (χ3n) is 2.54. The highest BCUT2D eigenvalue weighted by atomic mass is 16.6. The van der Waals surface area contributed by atoms with Crippen molar-refractivity contribution in [3.8, 4) is 0 Å². The highest BCUT2D eigenvalue weighted by molar-refractivity contribution is 6.19. The van der Waals surface area contributed by atoms with E-state index in [1.54, 1.807) is 12.5 Å². The van der Waals surface area contributed by atoms with E-state index in [1.165, 1.54) is 0 Å². The number of hydrogen-bond donors (Lipinski definition) is 0. The van der Waals surface area contributed by atoms with E-state index in [0.29, 0.717) is 22.2 Å². The van der Waals surface area contributed by atoms with Gasteiger partial charge in [-0.05, 0) is 22.4 Å². The Morgan fingerprint density at radius 1 is 0.800 bits per heavy atom. The number of nitrogens with zero attached hydrogens (tertiary/aromatic N) is 2. The van der Waals surface area contributed by atoms with Gasteiger partial charge in [0.05, 0.1) is 23.3 Å². The molecule has 3 aromatic heterocycles. The topological polar surface area (TPSA) is 65.2 Å². The first-order valence-corrected chi connectivity index (χ1v) is 4.44. The first kappa shape index (κ1) is 7.05. The summed E-state index contributed by atoms with van der Waals surface area (Å²) < 4.78 is 15.5. The molecule has 5 nitrogen and oxygen atoms in total. The summed E-state index contributed by atoms with van der Waals surface area (Å²) in [5.74, 6) is 0. The second-order valence-corrected chi connectivity index (χ2v) is 3.29. The number of hydrogen-bond acceptors (Lipinski definition) is 5. The molecule has 0 aliphatic rings. The predicted octanol–water partition coefficient (Wildman–Crippen LogP) is 2.72. The summed E-state index contributed by atoms with van der Waals surface area (Å²) in [5, 5.41) is 9.43. The lowest BCUT2D eigenvalue weighted by Crippen LogP contribution is -1.73. The molecule has 0 unspecified atom stereocenters. The molecule has 0 amide bonds. The van der Waals surface area contributed by atoms with Crippen LogP contribution in [0.1, 0.15) is 0 Å². The fraction of sp³-hybridized carbons (Fsp3) is 0. The molecule has 0 radical (unpaired) electrons. The highest BCUT2D eigenvalue weighted by Gasteiger charge is 2.16. The van der Waals surface area contributed by atoms with Crippen LogP contribution >= 0.6 is 0 Å². The molecule has 15 heavy (non-hydrogen) atoms. The van der Waals surface area contributed by atoms with Gasteiger partial charge in [0, 0.05) is 0 Å². The lowest BCUT2D eigenvalue weighted by atomic mass is 10.1. The van der Waals surface area contributed by atoms with Crippen molar-refractivity contribution in [2.45, 2.75) is 0 Å². The molecule has 0 fully saturated rings. The first-order valence-electron chi connectivity index (χ1n) is 4.44. The molecule has 3 heterocycles. The molecule has 4 rings (SSSR count). The number of rotatable bonds is 0. The number of aromatic nitrogens is 2. The van der Waals surface area contributed by atoms with E-state index in [2.05, 4.69) is 10.3 Å². The van der Waals surface area contributed by atoms with Gasteiger partial charge < -0.3 is 8.83 Å². The zero-order valence-corrected chi connectivity index (χ0v) is 7.43. The smallest absolute Gasteiger partial charge is 0.179 e. The molecule has 72 valence electrons. The Kier molecular flexibility index (Phi) is 1.03. The van der Waals surface area contributed by atoms with Crippen LogP contribution in [0.4, 0.5) is 0 Å². The SMILES string of the molecule is c1cc2c3nonc3c3ccoc3c2o1. The molecular formula is C10H4N2O3. The van der Waals surface area contributed by atoms with E-state index in [0.717, 1.165) is 10.8 Å².